The smallest absolute Gasteiger partial charge is 0.253 e. The van der Waals surface area contributed by atoms with E-state index in [1.54, 1.807) is 30.1 Å². The van der Waals surface area contributed by atoms with Crippen molar-refractivity contribution in [2.45, 2.75) is 6.92 Å². The second-order valence-electron chi connectivity index (χ2n) is 3.48. The maximum absolute atomic E-state index is 11.8. The third kappa shape index (κ3) is 2.94. The van der Waals surface area contributed by atoms with Gasteiger partial charge in [-0.15, -0.1) is 0 Å². The molecule has 82 valence electrons. The second kappa shape index (κ2) is 5.14. The SMILES string of the molecule is Cc1cc(C(=O)N(C)CCN)ccc1Cl. The van der Waals surface area contributed by atoms with Crippen molar-refractivity contribution in [2.75, 3.05) is 20.1 Å². The van der Waals surface area contributed by atoms with Crippen LogP contribution in [-0.4, -0.2) is 30.9 Å². The lowest BCUT2D eigenvalue weighted by atomic mass is 10.1. The van der Waals surface area contributed by atoms with Crippen molar-refractivity contribution in [2.24, 2.45) is 5.73 Å². The average molecular weight is 227 g/mol. The van der Waals surface area contributed by atoms with Crippen molar-refractivity contribution in [3.8, 4) is 0 Å². The van der Waals surface area contributed by atoms with Crippen LogP contribution in [0.2, 0.25) is 5.02 Å². The van der Waals surface area contributed by atoms with E-state index in [4.69, 9.17) is 17.3 Å². The van der Waals surface area contributed by atoms with E-state index in [0.29, 0.717) is 23.7 Å². The maximum atomic E-state index is 11.8. The monoisotopic (exact) mass is 226 g/mol. The Morgan fingerprint density at radius 2 is 2.20 bits per heavy atom. The van der Waals surface area contributed by atoms with Crippen molar-refractivity contribution in [3.63, 3.8) is 0 Å². The highest BCUT2D eigenvalue weighted by Gasteiger charge is 2.11. The van der Waals surface area contributed by atoms with E-state index < -0.39 is 0 Å². The number of halogens is 1. The fourth-order valence-corrected chi connectivity index (χ4v) is 1.41. The van der Waals surface area contributed by atoms with Gasteiger partial charge in [0.2, 0.25) is 0 Å². The number of rotatable bonds is 3. The molecule has 15 heavy (non-hydrogen) atoms. The molecule has 0 saturated heterocycles. The molecule has 0 unspecified atom stereocenters. The summed E-state index contributed by atoms with van der Waals surface area (Å²) in [7, 11) is 1.74. The predicted molar refractivity (Wildman–Crippen MR) is 62.2 cm³/mol. The van der Waals surface area contributed by atoms with Gasteiger partial charge in [-0.25, -0.2) is 0 Å². The van der Waals surface area contributed by atoms with Crippen LogP contribution >= 0.6 is 11.6 Å². The second-order valence-corrected chi connectivity index (χ2v) is 3.89. The van der Waals surface area contributed by atoms with Gasteiger partial charge in [-0.2, -0.15) is 0 Å². The summed E-state index contributed by atoms with van der Waals surface area (Å²) in [5.74, 6) is -0.0276. The van der Waals surface area contributed by atoms with Crippen molar-refractivity contribution < 1.29 is 4.79 Å². The first-order valence-electron chi connectivity index (χ1n) is 4.78. The fourth-order valence-electron chi connectivity index (χ4n) is 1.29. The minimum atomic E-state index is -0.0276. The normalized spacial score (nSPS) is 10.1. The highest BCUT2D eigenvalue weighted by atomic mass is 35.5. The number of hydrogen-bond acceptors (Lipinski definition) is 2. The predicted octanol–water partition coefficient (Wildman–Crippen LogP) is 1.68. The van der Waals surface area contributed by atoms with Gasteiger partial charge in [-0.3, -0.25) is 4.79 Å². The van der Waals surface area contributed by atoms with Crippen LogP contribution in [0.1, 0.15) is 15.9 Å². The number of amides is 1. The standard InChI is InChI=1S/C11H15ClN2O/c1-8-7-9(3-4-10(8)12)11(15)14(2)6-5-13/h3-4,7H,5-6,13H2,1-2H3. The Morgan fingerprint density at radius 3 is 2.73 bits per heavy atom. The summed E-state index contributed by atoms with van der Waals surface area (Å²) in [6.07, 6.45) is 0. The maximum Gasteiger partial charge on any atom is 0.253 e. The minimum Gasteiger partial charge on any atom is -0.340 e. The molecule has 0 bridgehead atoms. The van der Waals surface area contributed by atoms with Gasteiger partial charge in [-0.05, 0) is 30.7 Å². The summed E-state index contributed by atoms with van der Waals surface area (Å²) in [6, 6.07) is 5.25. The number of aryl methyl sites for hydroxylation is 1. The lowest BCUT2D eigenvalue weighted by molar-refractivity contribution is 0.0799. The highest BCUT2D eigenvalue weighted by Crippen LogP contribution is 2.17. The van der Waals surface area contributed by atoms with Crippen molar-refractivity contribution in [1.82, 2.24) is 4.90 Å². The number of nitrogens with zero attached hydrogens (tertiary/aromatic N) is 1. The van der Waals surface area contributed by atoms with Crippen LogP contribution in [0, 0.1) is 6.92 Å². The Bertz CT molecular complexity index is 366. The lowest BCUT2D eigenvalue weighted by Crippen LogP contribution is -2.31. The van der Waals surface area contributed by atoms with Crippen molar-refractivity contribution in [3.05, 3.63) is 34.3 Å². The number of nitrogens with two attached hydrogens (primary N) is 1. The fraction of sp³-hybridized carbons (Fsp3) is 0.364. The number of benzene rings is 1. The van der Waals surface area contributed by atoms with Gasteiger partial charge in [0.1, 0.15) is 0 Å². The molecule has 0 radical (unpaired) electrons. The first kappa shape index (κ1) is 12.0. The van der Waals surface area contributed by atoms with Crippen LogP contribution in [0.25, 0.3) is 0 Å². The molecular weight excluding hydrogens is 212 g/mol. The molecule has 2 N–H and O–H groups in total. The molecule has 0 fully saturated rings. The van der Waals surface area contributed by atoms with Gasteiger partial charge in [0.15, 0.2) is 0 Å². The number of likely N-dealkylation sites (N-methyl/N-ethyl adjacent to an activating group) is 1. The Morgan fingerprint density at radius 1 is 1.53 bits per heavy atom. The van der Waals surface area contributed by atoms with Crippen LogP contribution in [-0.2, 0) is 0 Å². The summed E-state index contributed by atoms with van der Waals surface area (Å²) < 4.78 is 0. The van der Waals surface area contributed by atoms with Crippen LogP contribution in [0.5, 0.6) is 0 Å². The van der Waals surface area contributed by atoms with Gasteiger partial charge < -0.3 is 10.6 Å². The zero-order valence-electron chi connectivity index (χ0n) is 8.96. The van der Waals surface area contributed by atoms with E-state index in [-0.39, 0.29) is 5.91 Å². The minimum absolute atomic E-state index is 0.0276. The molecule has 1 amide bonds. The molecule has 0 aliphatic heterocycles. The highest BCUT2D eigenvalue weighted by molar-refractivity contribution is 6.31. The average Bonchev–Trinajstić information content (AvgIpc) is 2.21. The van der Waals surface area contributed by atoms with Crippen LogP contribution in [0.4, 0.5) is 0 Å². The summed E-state index contributed by atoms with van der Waals surface area (Å²) in [6.45, 7) is 2.90. The first-order chi connectivity index (χ1) is 7.06. The molecule has 0 saturated carbocycles. The third-order valence-electron chi connectivity index (χ3n) is 2.22. The lowest BCUT2D eigenvalue weighted by Gasteiger charge is -2.16. The van der Waals surface area contributed by atoms with Crippen molar-refractivity contribution in [1.29, 1.82) is 0 Å². The molecule has 0 aliphatic rings. The quantitative estimate of drug-likeness (QED) is 0.853. The van der Waals surface area contributed by atoms with E-state index in [1.807, 2.05) is 6.92 Å². The van der Waals surface area contributed by atoms with Gasteiger partial charge in [0, 0.05) is 30.7 Å². The molecule has 0 heterocycles. The molecule has 0 aliphatic carbocycles. The molecule has 3 nitrogen and oxygen atoms in total. The number of carbonyl (C=O) groups excluding carboxylic acids is 1. The zero-order chi connectivity index (χ0) is 11.4. The summed E-state index contributed by atoms with van der Waals surface area (Å²) in [4.78, 5) is 13.4. The molecular formula is C11H15ClN2O. The first-order valence-corrected chi connectivity index (χ1v) is 5.15. The van der Waals surface area contributed by atoms with Crippen molar-refractivity contribution >= 4 is 17.5 Å². The molecule has 1 aromatic carbocycles. The molecule has 0 spiro atoms. The van der Waals surface area contributed by atoms with Crippen LogP contribution in [0.3, 0.4) is 0 Å². The summed E-state index contributed by atoms with van der Waals surface area (Å²) in [5.41, 5.74) is 6.94. The topological polar surface area (TPSA) is 46.3 Å². The Labute approximate surface area is 94.8 Å². The van der Waals surface area contributed by atoms with E-state index in [2.05, 4.69) is 0 Å². The van der Waals surface area contributed by atoms with Gasteiger partial charge in [0.05, 0.1) is 0 Å². The largest absolute Gasteiger partial charge is 0.340 e. The third-order valence-corrected chi connectivity index (χ3v) is 2.64. The van der Waals surface area contributed by atoms with E-state index in [0.717, 1.165) is 5.56 Å². The van der Waals surface area contributed by atoms with E-state index in [1.165, 1.54) is 0 Å². The number of hydrogen-bond donors (Lipinski definition) is 1. The molecule has 4 heteroatoms. The summed E-state index contributed by atoms with van der Waals surface area (Å²) in [5, 5.41) is 0.674. The van der Waals surface area contributed by atoms with E-state index in [9.17, 15) is 4.79 Å². The van der Waals surface area contributed by atoms with Crippen LogP contribution < -0.4 is 5.73 Å². The molecule has 1 rings (SSSR count). The Kier molecular flexibility index (Phi) is 4.12. The summed E-state index contributed by atoms with van der Waals surface area (Å²) >= 11 is 5.88. The Hall–Kier alpha value is -1.06. The van der Waals surface area contributed by atoms with E-state index >= 15 is 0 Å². The molecule has 0 aromatic heterocycles. The van der Waals surface area contributed by atoms with Gasteiger partial charge >= 0.3 is 0 Å². The number of carbonyl (C=O) groups is 1. The molecule has 0 atom stereocenters. The van der Waals surface area contributed by atoms with Gasteiger partial charge in [-0.1, -0.05) is 11.6 Å². The zero-order valence-corrected chi connectivity index (χ0v) is 9.71. The van der Waals surface area contributed by atoms with Crippen LogP contribution in [0.15, 0.2) is 18.2 Å². The Balaban J connectivity index is 2.87. The van der Waals surface area contributed by atoms with Gasteiger partial charge in [0.25, 0.3) is 5.91 Å². The molecule has 1 aromatic rings.